The largest absolute Gasteiger partial charge is 0.338 e. The molecule has 7 nitrogen and oxygen atoms in total. The summed E-state index contributed by atoms with van der Waals surface area (Å²) in [6, 6.07) is 5.78. The molecule has 1 aliphatic rings. The molecule has 1 atom stereocenters. The van der Waals surface area contributed by atoms with Gasteiger partial charge in [-0.3, -0.25) is 5.32 Å². The lowest BCUT2D eigenvalue weighted by atomic mass is 9.98. The van der Waals surface area contributed by atoms with Crippen molar-refractivity contribution < 1.29 is 22.4 Å². The number of nitrogens with two attached hydrogens (primary N) is 1. The summed E-state index contributed by atoms with van der Waals surface area (Å²) in [4.78, 5) is 20.4. The molecule has 0 saturated carbocycles. The summed E-state index contributed by atoms with van der Waals surface area (Å²) in [6.45, 7) is 2.19. The standard InChI is InChI=1S/C24H28F4N6O/c25-19-9-15(4-5-17(19)12-30-7-2-6-29)18-13-32-23(33-14-18)34-24(35)31-8-1-3-16-10-21(27)22(28)11-20(16)26/h4-5,9-11,13,18,30H,1-3,6-8,12,14,29H2,(H2,31,33,34,35). The zero-order valence-corrected chi connectivity index (χ0v) is 19.1. The average molecular weight is 493 g/mol. The van der Waals surface area contributed by atoms with Gasteiger partial charge in [-0.05, 0) is 55.6 Å². The second-order valence-electron chi connectivity index (χ2n) is 8.06. The van der Waals surface area contributed by atoms with E-state index in [9.17, 15) is 22.4 Å². The number of hydrogen-bond donors (Lipinski definition) is 4. The Labute approximate surface area is 200 Å². The lowest BCUT2D eigenvalue weighted by Crippen LogP contribution is -2.40. The molecule has 2 aromatic carbocycles. The summed E-state index contributed by atoms with van der Waals surface area (Å²) in [5.41, 5.74) is 6.77. The highest BCUT2D eigenvalue weighted by Crippen LogP contribution is 2.20. The van der Waals surface area contributed by atoms with Crippen LogP contribution in [0.1, 0.15) is 35.4 Å². The number of urea groups is 1. The molecular formula is C24H28F4N6O. The quantitative estimate of drug-likeness (QED) is 0.233. The summed E-state index contributed by atoms with van der Waals surface area (Å²) in [6.07, 6.45) is 2.87. The van der Waals surface area contributed by atoms with Crippen LogP contribution in [-0.4, -0.2) is 44.4 Å². The first-order valence-corrected chi connectivity index (χ1v) is 11.3. The fraction of sp³-hybridized carbons (Fsp3) is 0.375. The van der Waals surface area contributed by atoms with Gasteiger partial charge in [0.15, 0.2) is 11.6 Å². The van der Waals surface area contributed by atoms with Crippen LogP contribution in [0.4, 0.5) is 22.4 Å². The molecule has 3 rings (SSSR count). The predicted octanol–water partition coefficient (Wildman–Crippen LogP) is 3.14. The first-order chi connectivity index (χ1) is 16.9. The molecular weight excluding hydrogens is 464 g/mol. The molecule has 1 unspecified atom stereocenters. The van der Waals surface area contributed by atoms with Crippen LogP contribution in [0.15, 0.2) is 40.3 Å². The van der Waals surface area contributed by atoms with Crippen LogP contribution in [0.25, 0.3) is 0 Å². The Bertz CT molecular complexity index is 1090. The minimum atomic E-state index is -1.24. The average Bonchev–Trinajstić information content (AvgIpc) is 2.84. The molecule has 1 heterocycles. The van der Waals surface area contributed by atoms with Gasteiger partial charge in [-0.2, -0.15) is 0 Å². The molecule has 0 radical (unpaired) electrons. The smallest absolute Gasteiger partial charge is 0.321 e. The minimum absolute atomic E-state index is 0.0331. The zero-order valence-electron chi connectivity index (χ0n) is 19.1. The van der Waals surface area contributed by atoms with Crippen LogP contribution < -0.4 is 21.7 Å². The van der Waals surface area contributed by atoms with Crippen molar-refractivity contribution in [2.75, 3.05) is 26.2 Å². The Morgan fingerprint density at radius 1 is 0.971 bits per heavy atom. The van der Waals surface area contributed by atoms with E-state index >= 15 is 0 Å². The van der Waals surface area contributed by atoms with Crippen LogP contribution in [-0.2, 0) is 13.0 Å². The third-order valence-electron chi connectivity index (χ3n) is 5.42. The Kier molecular flexibility index (Phi) is 9.74. The highest BCUT2D eigenvalue weighted by atomic mass is 19.2. The predicted molar refractivity (Wildman–Crippen MR) is 126 cm³/mol. The van der Waals surface area contributed by atoms with E-state index in [0.717, 1.165) is 24.6 Å². The van der Waals surface area contributed by atoms with Crippen LogP contribution in [0.5, 0.6) is 0 Å². The first kappa shape index (κ1) is 26.3. The van der Waals surface area contributed by atoms with Gasteiger partial charge in [0.2, 0.25) is 5.96 Å². The van der Waals surface area contributed by atoms with Gasteiger partial charge in [0, 0.05) is 36.9 Å². The third kappa shape index (κ3) is 7.86. The number of hydrogen-bond acceptors (Lipinski definition) is 5. The maximum atomic E-state index is 14.4. The number of carbonyl (C=O) groups excluding carboxylic acids is 1. The van der Waals surface area contributed by atoms with Crippen molar-refractivity contribution in [3.63, 3.8) is 0 Å². The van der Waals surface area contributed by atoms with Gasteiger partial charge in [-0.1, -0.05) is 12.1 Å². The van der Waals surface area contributed by atoms with Gasteiger partial charge in [0.25, 0.3) is 0 Å². The number of halogens is 4. The van der Waals surface area contributed by atoms with Crippen molar-refractivity contribution in [3.8, 4) is 0 Å². The van der Waals surface area contributed by atoms with Crippen molar-refractivity contribution >= 4 is 18.2 Å². The van der Waals surface area contributed by atoms with Gasteiger partial charge < -0.3 is 16.4 Å². The second kappa shape index (κ2) is 13.0. The van der Waals surface area contributed by atoms with Gasteiger partial charge in [0.1, 0.15) is 11.6 Å². The number of nitrogens with zero attached hydrogens (tertiary/aromatic N) is 2. The van der Waals surface area contributed by atoms with Crippen LogP contribution >= 0.6 is 0 Å². The monoisotopic (exact) mass is 492 g/mol. The van der Waals surface area contributed by atoms with E-state index in [2.05, 4.69) is 25.9 Å². The molecule has 2 aromatic rings. The second-order valence-corrected chi connectivity index (χ2v) is 8.06. The van der Waals surface area contributed by atoms with Gasteiger partial charge in [-0.15, -0.1) is 0 Å². The van der Waals surface area contributed by atoms with Gasteiger partial charge >= 0.3 is 6.03 Å². The minimum Gasteiger partial charge on any atom is -0.338 e. The van der Waals surface area contributed by atoms with E-state index in [1.807, 2.05) is 6.07 Å². The third-order valence-corrected chi connectivity index (χ3v) is 5.42. The molecule has 0 fully saturated rings. The molecule has 2 amide bonds. The molecule has 188 valence electrons. The SMILES string of the molecule is NCCCNCc1ccc(C2C=NC(NC(=O)NCCCc3cc(F)c(F)cc3F)=NC2)cc1F. The molecule has 1 aliphatic heterocycles. The maximum absolute atomic E-state index is 14.4. The van der Waals surface area contributed by atoms with E-state index in [-0.39, 0.29) is 36.2 Å². The van der Waals surface area contributed by atoms with Crippen LogP contribution in [0.3, 0.4) is 0 Å². The fourth-order valence-electron chi connectivity index (χ4n) is 3.47. The lowest BCUT2D eigenvalue weighted by Gasteiger charge is -2.16. The van der Waals surface area contributed by atoms with Crippen LogP contribution in [0.2, 0.25) is 0 Å². The Hall–Kier alpha value is -3.31. The van der Waals surface area contributed by atoms with Crippen molar-refractivity contribution in [1.82, 2.24) is 16.0 Å². The molecule has 0 saturated heterocycles. The van der Waals surface area contributed by atoms with Crippen molar-refractivity contribution in [3.05, 3.63) is 70.3 Å². The van der Waals surface area contributed by atoms with Crippen molar-refractivity contribution in [2.45, 2.75) is 31.7 Å². The number of nitrogens with one attached hydrogen (secondary N) is 3. The van der Waals surface area contributed by atoms with Crippen molar-refractivity contribution in [1.29, 1.82) is 0 Å². The first-order valence-electron chi connectivity index (χ1n) is 11.3. The molecule has 0 bridgehead atoms. The fourth-order valence-corrected chi connectivity index (χ4v) is 3.47. The van der Waals surface area contributed by atoms with E-state index in [0.29, 0.717) is 37.7 Å². The molecule has 11 heteroatoms. The molecule has 0 aliphatic carbocycles. The zero-order chi connectivity index (χ0) is 25.2. The lowest BCUT2D eigenvalue weighted by molar-refractivity contribution is 0.245. The summed E-state index contributed by atoms with van der Waals surface area (Å²) < 4.78 is 54.2. The Balaban J connectivity index is 1.41. The maximum Gasteiger partial charge on any atom is 0.321 e. The number of guanidine groups is 1. The number of aliphatic imine (C=N–C) groups is 2. The summed E-state index contributed by atoms with van der Waals surface area (Å²) in [5, 5.41) is 8.21. The number of rotatable bonds is 10. The number of aryl methyl sites for hydroxylation is 1. The van der Waals surface area contributed by atoms with E-state index in [4.69, 9.17) is 5.73 Å². The normalized spacial score (nSPS) is 15.1. The Morgan fingerprint density at radius 2 is 1.74 bits per heavy atom. The molecule has 0 aromatic heterocycles. The number of benzene rings is 2. The summed E-state index contributed by atoms with van der Waals surface area (Å²) in [5.74, 6) is -3.61. The summed E-state index contributed by atoms with van der Waals surface area (Å²) in [7, 11) is 0. The van der Waals surface area contributed by atoms with Gasteiger partial charge in [0.05, 0.1) is 6.54 Å². The van der Waals surface area contributed by atoms with Gasteiger partial charge in [-0.25, -0.2) is 32.3 Å². The highest BCUT2D eigenvalue weighted by molar-refractivity contribution is 6.01. The van der Waals surface area contributed by atoms with E-state index in [1.165, 1.54) is 6.07 Å². The van der Waals surface area contributed by atoms with Crippen molar-refractivity contribution in [2.24, 2.45) is 15.7 Å². The van der Waals surface area contributed by atoms with E-state index < -0.39 is 23.5 Å². The number of amides is 2. The topological polar surface area (TPSA) is 104 Å². The van der Waals surface area contributed by atoms with Crippen LogP contribution in [0, 0.1) is 23.3 Å². The summed E-state index contributed by atoms with van der Waals surface area (Å²) >= 11 is 0. The van der Waals surface area contributed by atoms with E-state index in [1.54, 1.807) is 12.3 Å². The molecule has 35 heavy (non-hydrogen) atoms. The Morgan fingerprint density at radius 3 is 2.46 bits per heavy atom. The highest BCUT2D eigenvalue weighted by Gasteiger charge is 2.17. The molecule has 5 N–H and O–H groups in total. The molecule has 0 spiro atoms. The number of carbonyl (C=O) groups is 1.